The predicted molar refractivity (Wildman–Crippen MR) is 153 cm³/mol. The summed E-state index contributed by atoms with van der Waals surface area (Å²) < 4.78 is 106. The average molecular weight is 627 g/mol. The van der Waals surface area contributed by atoms with E-state index in [9.17, 15) is 34.4 Å². The van der Waals surface area contributed by atoms with Crippen molar-refractivity contribution >= 4 is 30.1 Å². The first-order valence-corrected chi connectivity index (χ1v) is 17.0. The number of ether oxygens (including phenoxy) is 2. The Labute approximate surface area is 241 Å². The highest BCUT2D eigenvalue weighted by molar-refractivity contribution is 7.91. The van der Waals surface area contributed by atoms with Gasteiger partial charge in [-0.1, -0.05) is 39.8 Å². The lowest BCUT2D eigenvalue weighted by atomic mass is 9.82. The third kappa shape index (κ3) is 7.46. The highest BCUT2D eigenvalue weighted by Gasteiger charge is 2.28. The molecule has 13 heteroatoms. The fraction of sp³-hybridized carbons (Fsp3) is 0.357. The lowest BCUT2D eigenvalue weighted by Crippen LogP contribution is -2.26. The summed E-state index contributed by atoms with van der Waals surface area (Å²) in [7, 11) is -14.2. The molecular formula is C28H34O10S3. The monoisotopic (exact) mass is 626 g/mol. The molecule has 2 N–H and O–H groups in total. The van der Waals surface area contributed by atoms with Crippen LogP contribution >= 0.6 is 0 Å². The van der Waals surface area contributed by atoms with Crippen molar-refractivity contribution in [1.29, 1.82) is 0 Å². The maximum absolute atomic E-state index is 13.3. The third-order valence-corrected chi connectivity index (χ3v) is 10.5. The number of rotatable bonds is 11. The molecular weight excluding hydrogens is 592 g/mol. The van der Waals surface area contributed by atoms with Gasteiger partial charge < -0.3 is 9.47 Å². The zero-order valence-electron chi connectivity index (χ0n) is 23.6. The minimum absolute atomic E-state index is 0.0950. The van der Waals surface area contributed by atoms with E-state index in [0.717, 1.165) is 42.3 Å². The highest BCUT2D eigenvalue weighted by atomic mass is 32.2. The van der Waals surface area contributed by atoms with Crippen LogP contribution in [0.15, 0.2) is 80.2 Å². The number of hydrogen-bond donors (Lipinski definition) is 2. The van der Waals surface area contributed by atoms with E-state index >= 15 is 0 Å². The number of benzene rings is 3. The minimum atomic E-state index is -5.06. The zero-order valence-corrected chi connectivity index (χ0v) is 26.0. The summed E-state index contributed by atoms with van der Waals surface area (Å²) in [5, 5.41) is 0. The molecule has 0 saturated heterocycles. The molecule has 0 aromatic heterocycles. The fourth-order valence-corrected chi connectivity index (χ4v) is 6.34. The van der Waals surface area contributed by atoms with E-state index in [1.54, 1.807) is 26.0 Å². The summed E-state index contributed by atoms with van der Waals surface area (Å²) in [5.74, 6) is -0.954. The topological polar surface area (TPSA) is 161 Å². The highest BCUT2D eigenvalue weighted by Crippen LogP contribution is 2.38. The Kier molecular flexibility index (Phi) is 9.02. The molecule has 41 heavy (non-hydrogen) atoms. The Balaban J connectivity index is 2.08. The van der Waals surface area contributed by atoms with Gasteiger partial charge in [0.1, 0.15) is 32.6 Å². The Bertz CT molecular complexity index is 1760. The van der Waals surface area contributed by atoms with E-state index in [2.05, 4.69) is 0 Å². The third-order valence-electron chi connectivity index (χ3n) is 6.99. The molecule has 0 amide bonds. The van der Waals surface area contributed by atoms with Gasteiger partial charge in [-0.25, -0.2) is 8.42 Å². The van der Waals surface area contributed by atoms with Crippen LogP contribution in [-0.4, -0.2) is 40.0 Å². The van der Waals surface area contributed by atoms with Gasteiger partial charge in [0.2, 0.25) is 9.84 Å². The largest absolute Gasteiger partial charge is 0.488 e. The predicted octanol–water partition coefficient (Wildman–Crippen LogP) is 6.06. The van der Waals surface area contributed by atoms with Crippen molar-refractivity contribution in [3.05, 3.63) is 66.2 Å². The van der Waals surface area contributed by atoms with Crippen molar-refractivity contribution in [2.24, 2.45) is 0 Å². The smallest absolute Gasteiger partial charge is 0.298 e. The van der Waals surface area contributed by atoms with Crippen LogP contribution in [0.3, 0.4) is 0 Å². The van der Waals surface area contributed by atoms with Crippen LogP contribution in [0.4, 0.5) is 0 Å². The Morgan fingerprint density at radius 1 is 0.659 bits per heavy atom. The molecule has 0 fully saturated rings. The molecule has 0 saturated carbocycles. The van der Waals surface area contributed by atoms with Crippen LogP contribution < -0.4 is 9.47 Å². The van der Waals surface area contributed by atoms with Gasteiger partial charge in [0.05, 0.1) is 9.79 Å². The minimum Gasteiger partial charge on any atom is -0.488 e. The molecule has 0 aliphatic rings. The zero-order chi connectivity index (χ0) is 31.0. The van der Waals surface area contributed by atoms with E-state index in [1.165, 1.54) is 18.2 Å². The molecule has 0 atom stereocenters. The molecule has 10 nitrogen and oxygen atoms in total. The second kappa shape index (κ2) is 11.4. The number of hydrogen-bond acceptors (Lipinski definition) is 8. The Hall–Kier alpha value is -2.97. The van der Waals surface area contributed by atoms with Gasteiger partial charge >= 0.3 is 0 Å². The second-order valence-electron chi connectivity index (χ2n) is 10.7. The van der Waals surface area contributed by atoms with Crippen LogP contribution in [0.5, 0.6) is 17.2 Å². The molecule has 0 aliphatic carbocycles. The van der Waals surface area contributed by atoms with Crippen molar-refractivity contribution < 1.29 is 43.8 Å². The molecule has 0 radical (unpaired) electrons. The van der Waals surface area contributed by atoms with Gasteiger partial charge in [0, 0.05) is 6.07 Å². The van der Waals surface area contributed by atoms with Gasteiger partial charge in [-0.3, -0.25) is 9.11 Å². The average Bonchev–Trinajstić information content (AvgIpc) is 2.88. The molecule has 0 heterocycles. The summed E-state index contributed by atoms with van der Waals surface area (Å²) in [5.41, 5.74) is 0.0764. The molecule has 0 spiro atoms. The van der Waals surface area contributed by atoms with E-state index in [-0.39, 0.29) is 16.1 Å². The van der Waals surface area contributed by atoms with Crippen LogP contribution in [-0.2, 0) is 35.5 Å². The first kappa shape index (κ1) is 32.5. The summed E-state index contributed by atoms with van der Waals surface area (Å²) in [6.45, 7) is 11.5. The normalized spacial score (nSPS) is 13.2. The lowest BCUT2D eigenvalue weighted by molar-refractivity contribution is 0.105. The van der Waals surface area contributed by atoms with Crippen molar-refractivity contribution in [2.45, 2.75) is 85.0 Å². The molecule has 224 valence electrons. The van der Waals surface area contributed by atoms with Crippen LogP contribution in [0.1, 0.15) is 59.9 Å². The van der Waals surface area contributed by atoms with Crippen molar-refractivity contribution in [1.82, 2.24) is 0 Å². The molecule has 0 aliphatic heterocycles. The van der Waals surface area contributed by atoms with Gasteiger partial charge in [-0.2, -0.15) is 16.8 Å². The van der Waals surface area contributed by atoms with E-state index in [0.29, 0.717) is 6.42 Å². The van der Waals surface area contributed by atoms with E-state index in [1.807, 2.05) is 27.7 Å². The standard InChI is InChI=1S/C28H34O10S3/c1-7-27(3,4)19-9-12-21(13-10-19)39(29,30)22-14-16-24(26(18-22)41(34,35)36)37-23-15-11-20(38-28(5,6)8-2)17-25(23)40(31,32)33/h9-18H,7-8H2,1-6H3,(H,31,32,33)(H,34,35,36). The SMILES string of the molecule is CCC(C)(C)Oc1ccc(Oc2ccc(S(=O)(=O)c3ccc(C(C)(C)CC)cc3)cc2S(=O)(=O)O)c(S(=O)(=O)O)c1. The first-order valence-electron chi connectivity index (χ1n) is 12.7. The van der Waals surface area contributed by atoms with Crippen LogP contribution in [0.2, 0.25) is 0 Å². The lowest BCUT2D eigenvalue weighted by Gasteiger charge is -2.25. The first-order chi connectivity index (χ1) is 18.7. The number of sulfone groups is 1. The summed E-state index contributed by atoms with van der Waals surface area (Å²) in [6.07, 6.45) is 1.41. The molecule has 3 aromatic rings. The van der Waals surface area contributed by atoms with Crippen molar-refractivity contribution in [3.8, 4) is 17.2 Å². The van der Waals surface area contributed by atoms with E-state index in [4.69, 9.17) is 9.47 Å². The molecule has 0 unspecified atom stereocenters. The van der Waals surface area contributed by atoms with Crippen LogP contribution in [0, 0.1) is 0 Å². The summed E-state index contributed by atoms with van der Waals surface area (Å²) >= 11 is 0. The van der Waals surface area contributed by atoms with Gasteiger partial charge in [0.25, 0.3) is 20.2 Å². The van der Waals surface area contributed by atoms with E-state index < -0.39 is 61.9 Å². The maximum Gasteiger partial charge on any atom is 0.298 e. The molecule has 3 aromatic carbocycles. The fourth-order valence-electron chi connectivity index (χ4n) is 3.71. The van der Waals surface area contributed by atoms with Gasteiger partial charge in [-0.05, 0) is 80.1 Å². The maximum atomic E-state index is 13.3. The quantitative estimate of drug-likeness (QED) is 0.239. The van der Waals surface area contributed by atoms with Crippen molar-refractivity contribution in [2.75, 3.05) is 0 Å². The second-order valence-corrected chi connectivity index (χ2v) is 15.5. The Morgan fingerprint density at radius 3 is 1.63 bits per heavy atom. The summed E-state index contributed by atoms with van der Waals surface area (Å²) in [4.78, 5) is -2.19. The van der Waals surface area contributed by atoms with Crippen LogP contribution in [0.25, 0.3) is 0 Å². The van der Waals surface area contributed by atoms with Gasteiger partial charge in [0.15, 0.2) is 0 Å². The van der Waals surface area contributed by atoms with Crippen molar-refractivity contribution in [3.63, 3.8) is 0 Å². The molecule has 0 bridgehead atoms. The Morgan fingerprint density at radius 2 is 1.15 bits per heavy atom. The van der Waals surface area contributed by atoms with Gasteiger partial charge in [-0.15, -0.1) is 0 Å². The molecule has 3 rings (SSSR count). The summed E-state index contributed by atoms with van der Waals surface area (Å²) in [6, 6.07) is 12.5.